The molecule has 13 heavy (non-hydrogen) atoms. The van der Waals surface area contributed by atoms with Crippen molar-refractivity contribution in [3.8, 4) is 0 Å². The third kappa shape index (κ3) is 1110. The van der Waals surface area contributed by atoms with Gasteiger partial charge in [-0.3, -0.25) is 8.42 Å². The zero-order valence-electron chi connectivity index (χ0n) is 7.04. The Morgan fingerprint density at radius 3 is 0.692 bits per heavy atom. The quantitative estimate of drug-likeness (QED) is 0.224. The van der Waals surface area contributed by atoms with Gasteiger partial charge in [-0.1, -0.05) is 0 Å². The third-order valence-corrected chi connectivity index (χ3v) is 0. The molecule has 0 amide bonds. The molecule has 0 aromatic rings. The predicted octanol–water partition coefficient (Wildman–Crippen LogP) is -12.3. The van der Waals surface area contributed by atoms with Crippen LogP contribution in [-0.4, -0.2) is 50.4 Å². The van der Waals surface area contributed by atoms with Gasteiger partial charge in [-0.15, -0.1) is 0 Å². The maximum atomic E-state index is 8.52. The molecule has 0 atom stereocenters. The van der Waals surface area contributed by atoms with E-state index in [2.05, 4.69) is 0 Å². The molecular weight excluding hydrogens is 222 g/mol. The fourth-order valence-corrected chi connectivity index (χ4v) is 0. The molecule has 10 nitrogen and oxygen atoms in total. The molecule has 0 aromatic carbocycles. The Hall–Kier alpha value is 1.23. The average molecular weight is 234 g/mol. The van der Waals surface area contributed by atoms with Crippen molar-refractivity contribution in [2.24, 2.45) is 0 Å². The van der Waals surface area contributed by atoms with E-state index in [-0.39, 0.29) is 81.3 Å². The Morgan fingerprint density at radius 2 is 0.692 bits per heavy atom. The van der Waals surface area contributed by atoms with E-state index in [1.165, 1.54) is 0 Å². The molecule has 0 rings (SSSR count). The molecule has 0 aliphatic rings. The van der Waals surface area contributed by atoms with Crippen LogP contribution in [0.1, 0.15) is 0 Å². The van der Waals surface area contributed by atoms with Crippen LogP contribution in [0.15, 0.2) is 0 Å². The molecule has 0 fully saturated rings. The van der Waals surface area contributed by atoms with Crippen LogP contribution in [-0.2, 0) is 10.4 Å². The van der Waals surface area contributed by atoms with Crippen LogP contribution in [0.25, 0.3) is 0 Å². The second-order valence-corrected chi connectivity index (χ2v) is 1.22. The Labute approximate surface area is 109 Å². The van der Waals surface area contributed by atoms with E-state index in [4.69, 9.17) is 17.5 Å². The summed E-state index contributed by atoms with van der Waals surface area (Å²) in [5.41, 5.74) is 0. The summed E-state index contributed by atoms with van der Waals surface area (Å²) in [5, 5.41) is 0. The second kappa shape index (κ2) is 37.9. The van der Waals surface area contributed by atoms with Gasteiger partial charge in [0, 0.05) is 10.4 Å². The normalized spacial score (nSPS) is 4.46. The van der Waals surface area contributed by atoms with Crippen LogP contribution >= 0.6 is 0 Å². The fraction of sp³-hybridized carbons (Fsp3) is 0. The molecule has 12 N–H and O–H groups in total. The van der Waals surface area contributed by atoms with Crippen molar-refractivity contribution in [2.45, 2.75) is 0 Å². The van der Waals surface area contributed by atoms with Gasteiger partial charge in [0.05, 0.1) is 0 Å². The first-order valence-electron chi connectivity index (χ1n) is 0.667. The minimum atomic E-state index is -5.17. The van der Waals surface area contributed by atoms with Crippen molar-refractivity contribution in [3.05, 3.63) is 0 Å². The number of hydrogen-bond donors (Lipinski definition) is 0. The Morgan fingerprint density at radius 1 is 0.692 bits per heavy atom. The van der Waals surface area contributed by atoms with Gasteiger partial charge in [0.1, 0.15) is 0 Å². The molecule has 0 heterocycles. The van der Waals surface area contributed by atoms with Crippen LogP contribution in [0, 0.1) is 0 Å². The largest absolute Gasteiger partial charge is 1.00 e. The third-order valence-electron chi connectivity index (χ3n) is 0. The minimum Gasteiger partial charge on any atom is -0.759 e. The van der Waals surface area contributed by atoms with Crippen LogP contribution in [0.5, 0.6) is 0 Å². The molecule has 0 aromatic heterocycles. The zero-order chi connectivity index (χ0) is 4.50. The average Bonchev–Trinajstić information content (AvgIpc) is 0.722. The topological polar surface area (TPSA) is 269 Å². The van der Waals surface area contributed by atoms with Crippen molar-refractivity contribution >= 4 is 10.4 Å². The maximum Gasteiger partial charge on any atom is 1.00 e. The SMILES string of the molecule is O.O.O.O.O.O.O=S(=O)([O-])[O-].[Li+].[Na+]. The standard InChI is InChI=1S/Li.Na.H2O4S.6H2O/c;;1-5(2,3)4;;;;;;/h;;(H2,1,2,3,4);6*1H2/q2*+1;;;;;;;/p-2. The van der Waals surface area contributed by atoms with Gasteiger partial charge in [-0.2, -0.15) is 0 Å². The summed E-state index contributed by atoms with van der Waals surface area (Å²) < 4.78 is 34.1. The van der Waals surface area contributed by atoms with E-state index >= 15 is 0 Å². The van der Waals surface area contributed by atoms with Crippen LogP contribution in [0.2, 0.25) is 0 Å². The van der Waals surface area contributed by atoms with E-state index in [9.17, 15) is 0 Å². The van der Waals surface area contributed by atoms with Crippen LogP contribution in [0.4, 0.5) is 0 Å². The van der Waals surface area contributed by atoms with Gasteiger partial charge in [0.15, 0.2) is 0 Å². The van der Waals surface area contributed by atoms with Crippen molar-refractivity contribution in [2.75, 3.05) is 0 Å². The predicted molar refractivity (Wildman–Crippen MR) is 32.2 cm³/mol. The summed E-state index contributed by atoms with van der Waals surface area (Å²) in [4.78, 5) is 0. The Balaban J connectivity index is -0.00000000286. The molecular formula is H12LiNaO10S. The van der Waals surface area contributed by atoms with E-state index in [1.54, 1.807) is 0 Å². The Kier molecular flexibility index (Phi) is 265. The first kappa shape index (κ1) is 91.1. The molecule has 0 aliphatic carbocycles. The summed E-state index contributed by atoms with van der Waals surface area (Å²) >= 11 is 0. The van der Waals surface area contributed by atoms with Crippen LogP contribution < -0.4 is 48.4 Å². The molecule has 80 valence electrons. The fourth-order valence-electron chi connectivity index (χ4n) is 0. The molecule has 13 heteroatoms. The number of rotatable bonds is 0. The molecule has 0 saturated heterocycles. The van der Waals surface area contributed by atoms with Gasteiger partial charge in [0.2, 0.25) is 0 Å². The van der Waals surface area contributed by atoms with E-state index < -0.39 is 10.4 Å². The molecule has 0 bridgehead atoms. The summed E-state index contributed by atoms with van der Waals surface area (Å²) in [7, 11) is -5.17. The summed E-state index contributed by atoms with van der Waals surface area (Å²) in [5.74, 6) is 0. The van der Waals surface area contributed by atoms with Crippen LogP contribution in [0.3, 0.4) is 0 Å². The van der Waals surface area contributed by atoms with Crippen molar-refractivity contribution in [1.82, 2.24) is 0 Å². The zero-order valence-corrected chi connectivity index (χ0v) is 9.86. The summed E-state index contributed by atoms with van der Waals surface area (Å²) in [6.45, 7) is 0. The van der Waals surface area contributed by atoms with Crippen molar-refractivity contribution < 1.29 is 98.8 Å². The monoisotopic (exact) mass is 234 g/mol. The van der Waals surface area contributed by atoms with E-state index in [0.717, 1.165) is 0 Å². The van der Waals surface area contributed by atoms with Gasteiger partial charge in [0.25, 0.3) is 0 Å². The molecule has 0 aliphatic heterocycles. The first-order valence-corrected chi connectivity index (χ1v) is 2.00. The molecule has 0 radical (unpaired) electrons. The van der Waals surface area contributed by atoms with Gasteiger partial charge in [-0.25, -0.2) is 0 Å². The first-order chi connectivity index (χ1) is 2.00. The smallest absolute Gasteiger partial charge is 0.759 e. The van der Waals surface area contributed by atoms with E-state index in [0.29, 0.717) is 0 Å². The number of hydrogen-bond acceptors (Lipinski definition) is 4. The molecule has 0 unspecified atom stereocenters. The van der Waals surface area contributed by atoms with Gasteiger partial charge < -0.3 is 42.0 Å². The Bertz CT molecular complexity index is 98.1. The van der Waals surface area contributed by atoms with Crippen molar-refractivity contribution in [1.29, 1.82) is 0 Å². The van der Waals surface area contributed by atoms with Gasteiger partial charge in [-0.05, 0) is 0 Å². The molecule has 0 saturated carbocycles. The van der Waals surface area contributed by atoms with Crippen molar-refractivity contribution in [3.63, 3.8) is 0 Å². The summed E-state index contributed by atoms with van der Waals surface area (Å²) in [6.07, 6.45) is 0. The molecule has 0 spiro atoms. The van der Waals surface area contributed by atoms with E-state index in [1.807, 2.05) is 0 Å². The summed E-state index contributed by atoms with van der Waals surface area (Å²) in [6, 6.07) is 0. The maximum absolute atomic E-state index is 8.52. The second-order valence-electron chi connectivity index (χ2n) is 0.408. The van der Waals surface area contributed by atoms with Gasteiger partial charge >= 0.3 is 48.4 Å². The minimum absolute atomic E-state index is 0.